The van der Waals surface area contributed by atoms with Gasteiger partial charge < -0.3 is 10.4 Å². The molecule has 0 saturated carbocycles. The molecule has 8 nitrogen and oxygen atoms in total. The Kier molecular flexibility index (Phi) is 4.63. The molecule has 28 heavy (non-hydrogen) atoms. The van der Waals surface area contributed by atoms with Crippen LogP contribution < -0.4 is 10.9 Å². The van der Waals surface area contributed by atoms with Crippen LogP contribution in [0.5, 0.6) is 0 Å². The maximum Gasteiger partial charge on any atom is 0.326 e. The van der Waals surface area contributed by atoms with Crippen molar-refractivity contribution in [3.63, 3.8) is 0 Å². The first-order valence-corrected chi connectivity index (χ1v) is 9.45. The summed E-state index contributed by atoms with van der Waals surface area (Å²) in [4.78, 5) is 28.3. The molecule has 1 aliphatic rings. The van der Waals surface area contributed by atoms with Crippen molar-refractivity contribution in [2.45, 2.75) is 31.8 Å². The number of benzene rings is 1. The number of carbonyl (C=O) groups is 1. The molecule has 0 aliphatic carbocycles. The Morgan fingerprint density at radius 3 is 3.00 bits per heavy atom. The van der Waals surface area contributed by atoms with Gasteiger partial charge in [0.1, 0.15) is 33.4 Å². The van der Waals surface area contributed by atoms with E-state index in [9.17, 15) is 19.1 Å². The number of rotatable bonds is 5. The summed E-state index contributed by atoms with van der Waals surface area (Å²) in [5, 5.41) is 21.7. The molecule has 3 aromatic rings. The Balaban J connectivity index is 1.58. The minimum absolute atomic E-state index is 0.201. The fourth-order valence-electron chi connectivity index (χ4n) is 3.18. The molecule has 144 valence electrons. The molecule has 3 heterocycles. The van der Waals surface area contributed by atoms with E-state index in [0.29, 0.717) is 34.2 Å². The van der Waals surface area contributed by atoms with Gasteiger partial charge in [0.2, 0.25) is 0 Å². The Labute approximate surface area is 162 Å². The quantitative estimate of drug-likeness (QED) is 0.676. The number of fused-ring (bicyclic) bond motifs is 1. The van der Waals surface area contributed by atoms with Gasteiger partial charge in [-0.05, 0) is 25.5 Å². The van der Waals surface area contributed by atoms with E-state index in [1.54, 1.807) is 12.1 Å². The second-order valence-electron chi connectivity index (χ2n) is 6.48. The van der Waals surface area contributed by atoms with Crippen molar-refractivity contribution in [2.75, 3.05) is 5.32 Å². The molecule has 0 amide bonds. The largest absolute Gasteiger partial charge is 0.480 e. The van der Waals surface area contributed by atoms with E-state index in [1.165, 1.54) is 34.2 Å². The number of anilines is 1. The first-order valence-electron chi connectivity index (χ1n) is 8.63. The van der Waals surface area contributed by atoms with Gasteiger partial charge in [0, 0.05) is 12.0 Å². The monoisotopic (exact) mass is 401 g/mol. The summed E-state index contributed by atoms with van der Waals surface area (Å²) in [5.41, 5.74) is 0.406. The molecule has 10 heteroatoms. The molecule has 0 saturated heterocycles. The molecule has 0 fully saturated rings. The second-order valence-corrected chi connectivity index (χ2v) is 7.49. The molecule has 1 aromatic carbocycles. The van der Waals surface area contributed by atoms with Crippen molar-refractivity contribution in [1.29, 1.82) is 0 Å². The van der Waals surface area contributed by atoms with Crippen LogP contribution in [0.25, 0.3) is 10.6 Å². The lowest BCUT2D eigenvalue weighted by atomic mass is 10.2. The van der Waals surface area contributed by atoms with Crippen molar-refractivity contribution < 1.29 is 14.3 Å². The lowest BCUT2D eigenvalue weighted by molar-refractivity contribution is -0.140. The molecular formula is C18H16FN5O3S. The third-order valence-electron chi connectivity index (χ3n) is 4.56. The molecule has 4 rings (SSSR count). The number of aryl methyl sites for hydroxylation is 1. The smallest absolute Gasteiger partial charge is 0.326 e. The topological polar surface area (TPSA) is 110 Å². The third-order valence-corrected chi connectivity index (χ3v) is 5.72. The van der Waals surface area contributed by atoms with Crippen molar-refractivity contribution >= 4 is 23.0 Å². The van der Waals surface area contributed by atoms with E-state index in [2.05, 4.69) is 20.5 Å². The number of halogens is 1. The van der Waals surface area contributed by atoms with E-state index < -0.39 is 17.6 Å². The highest BCUT2D eigenvalue weighted by atomic mass is 32.1. The SMILES string of the molecule is C[C@@H](Nc1cnc2n(c1=O)[C@H](C(=O)O)CC2)c1nnc(-c2cccc(F)c2)s1. The zero-order chi connectivity index (χ0) is 19.8. The molecule has 2 atom stereocenters. The first-order chi connectivity index (χ1) is 13.4. The minimum atomic E-state index is -1.04. The maximum atomic E-state index is 13.4. The number of carboxylic acid groups (broad SMARTS) is 1. The highest BCUT2D eigenvalue weighted by molar-refractivity contribution is 7.14. The van der Waals surface area contributed by atoms with Crippen LogP contribution in [0.2, 0.25) is 0 Å². The fraction of sp³-hybridized carbons (Fsp3) is 0.278. The van der Waals surface area contributed by atoms with Gasteiger partial charge in [0.25, 0.3) is 5.56 Å². The van der Waals surface area contributed by atoms with E-state index in [-0.39, 0.29) is 17.5 Å². The number of hydrogen-bond donors (Lipinski definition) is 2. The van der Waals surface area contributed by atoms with Crippen molar-refractivity contribution in [3.8, 4) is 10.6 Å². The van der Waals surface area contributed by atoms with Gasteiger partial charge in [-0.1, -0.05) is 23.5 Å². The Morgan fingerprint density at radius 1 is 1.43 bits per heavy atom. The summed E-state index contributed by atoms with van der Waals surface area (Å²) < 4.78 is 14.6. The van der Waals surface area contributed by atoms with Gasteiger partial charge in [-0.2, -0.15) is 0 Å². The van der Waals surface area contributed by atoms with Crippen LogP contribution in [0.15, 0.2) is 35.3 Å². The minimum Gasteiger partial charge on any atom is -0.480 e. The molecular weight excluding hydrogens is 385 g/mol. The Morgan fingerprint density at radius 2 is 2.25 bits per heavy atom. The summed E-state index contributed by atoms with van der Waals surface area (Å²) in [7, 11) is 0. The standard InChI is InChI=1S/C18H16FN5O3S/c1-9(15-22-23-16(28-15)10-3-2-4-11(19)7-10)21-12-8-20-14-6-5-13(18(26)27)24(14)17(12)25/h2-4,7-9,13,21H,5-6H2,1H3,(H,26,27)/t9-,13+/m1/s1. The van der Waals surface area contributed by atoms with Gasteiger partial charge in [-0.25, -0.2) is 14.2 Å². The zero-order valence-electron chi connectivity index (χ0n) is 14.8. The van der Waals surface area contributed by atoms with Crippen LogP contribution in [0.4, 0.5) is 10.1 Å². The average molecular weight is 401 g/mol. The number of nitrogens with zero attached hydrogens (tertiary/aromatic N) is 4. The summed E-state index contributed by atoms with van der Waals surface area (Å²) in [6, 6.07) is 4.82. The average Bonchev–Trinajstić information content (AvgIpc) is 3.31. The van der Waals surface area contributed by atoms with E-state index in [1.807, 2.05) is 6.92 Å². The van der Waals surface area contributed by atoms with Crippen LogP contribution >= 0.6 is 11.3 Å². The lowest BCUT2D eigenvalue weighted by Crippen LogP contribution is -2.30. The van der Waals surface area contributed by atoms with Gasteiger partial charge in [-0.15, -0.1) is 10.2 Å². The predicted molar refractivity (Wildman–Crippen MR) is 101 cm³/mol. The Bertz CT molecular complexity index is 1110. The highest BCUT2D eigenvalue weighted by Crippen LogP contribution is 2.29. The second kappa shape index (κ2) is 7.12. The summed E-state index contributed by atoms with van der Waals surface area (Å²) in [5.74, 6) is -0.928. The fourth-order valence-corrected chi connectivity index (χ4v) is 4.02. The number of nitrogens with one attached hydrogen (secondary N) is 1. The van der Waals surface area contributed by atoms with Gasteiger partial charge in [0.05, 0.1) is 12.2 Å². The van der Waals surface area contributed by atoms with Crippen LogP contribution in [-0.4, -0.2) is 30.8 Å². The van der Waals surface area contributed by atoms with Crippen LogP contribution in [0, 0.1) is 5.82 Å². The highest BCUT2D eigenvalue weighted by Gasteiger charge is 2.31. The molecule has 0 bridgehead atoms. The Hall–Kier alpha value is -3.14. The molecule has 2 N–H and O–H groups in total. The first kappa shape index (κ1) is 18.2. The van der Waals surface area contributed by atoms with Crippen molar-refractivity contribution in [1.82, 2.24) is 19.7 Å². The van der Waals surface area contributed by atoms with E-state index >= 15 is 0 Å². The normalized spacial score (nSPS) is 16.6. The number of carboxylic acids is 1. The number of hydrogen-bond acceptors (Lipinski definition) is 7. The van der Waals surface area contributed by atoms with Gasteiger partial charge in [0.15, 0.2) is 0 Å². The summed E-state index contributed by atoms with van der Waals surface area (Å²) in [6.07, 6.45) is 2.23. The van der Waals surface area contributed by atoms with Crippen LogP contribution in [0.3, 0.4) is 0 Å². The van der Waals surface area contributed by atoms with Crippen LogP contribution in [0.1, 0.15) is 36.3 Å². The van der Waals surface area contributed by atoms with Crippen LogP contribution in [-0.2, 0) is 11.2 Å². The molecule has 0 spiro atoms. The van der Waals surface area contributed by atoms with E-state index in [0.717, 1.165) is 0 Å². The lowest BCUT2D eigenvalue weighted by Gasteiger charge is -2.14. The summed E-state index contributed by atoms with van der Waals surface area (Å²) in [6.45, 7) is 1.81. The number of aromatic nitrogens is 4. The molecule has 2 aromatic heterocycles. The van der Waals surface area contributed by atoms with Crippen molar-refractivity contribution in [3.05, 3.63) is 57.5 Å². The van der Waals surface area contributed by atoms with Gasteiger partial charge in [-0.3, -0.25) is 9.36 Å². The summed E-state index contributed by atoms with van der Waals surface area (Å²) >= 11 is 1.28. The molecule has 0 unspecified atom stereocenters. The number of aliphatic carboxylic acids is 1. The molecule has 1 aliphatic heterocycles. The molecule has 0 radical (unpaired) electrons. The van der Waals surface area contributed by atoms with Crippen molar-refractivity contribution in [2.24, 2.45) is 0 Å². The third kappa shape index (κ3) is 3.26. The van der Waals surface area contributed by atoms with Gasteiger partial charge >= 0.3 is 5.97 Å². The zero-order valence-corrected chi connectivity index (χ0v) is 15.6. The maximum absolute atomic E-state index is 13.4. The van der Waals surface area contributed by atoms with E-state index in [4.69, 9.17) is 0 Å². The predicted octanol–water partition coefficient (Wildman–Crippen LogP) is 2.65.